The Hall–Kier alpha value is -2.96. The van der Waals surface area contributed by atoms with E-state index >= 15 is 0 Å². The first-order chi connectivity index (χ1) is 13.4. The molecule has 0 spiro atoms. The van der Waals surface area contributed by atoms with E-state index in [1.807, 2.05) is 12.1 Å². The molecule has 3 atom stereocenters. The van der Waals surface area contributed by atoms with Crippen molar-refractivity contribution in [2.75, 3.05) is 13.7 Å². The van der Waals surface area contributed by atoms with Crippen LogP contribution in [0.2, 0.25) is 0 Å². The average Bonchev–Trinajstić information content (AvgIpc) is 2.78. The van der Waals surface area contributed by atoms with Crippen LogP contribution in [0.25, 0.3) is 6.08 Å². The monoisotopic (exact) mass is 378 g/mol. The molecule has 1 aromatic carbocycles. The fourth-order valence-corrected chi connectivity index (χ4v) is 4.64. The number of hydrogen-bond acceptors (Lipinski definition) is 4. The minimum absolute atomic E-state index is 0.00880. The molecular weight excluding hydrogens is 356 g/mol. The highest BCUT2D eigenvalue weighted by Crippen LogP contribution is 2.46. The zero-order valence-electron chi connectivity index (χ0n) is 15.6. The zero-order valence-corrected chi connectivity index (χ0v) is 15.6. The Balaban J connectivity index is 1.82. The number of fused-ring (bicyclic) bond motifs is 5. The largest absolute Gasteiger partial charge is 0.545 e. The lowest BCUT2D eigenvalue weighted by Gasteiger charge is -2.48. The van der Waals surface area contributed by atoms with Crippen LogP contribution >= 0.6 is 0 Å². The van der Waals surface area contributed by atoms with Crippen LogP contribution in [-0.4, -0.2) is 41.3 Å². The van der Waals surface area contributed by atoms with Crippen molar-refractivity contribution >= 4 is 18.0 Å². The molecule has 6 heteroatoms. The van der Waals surface area contributed by atoms with E-state index in [0.29, 0.717) is 17.6 Å². The Kier molecular flexibility index (Phi) is 4.53. The van der Waals surface area contributed by atoms with Gasteiger partial charge in [0.15, 0.2) is 0 Å². The Morgan fingerprint density at radius 3 is 2.86 bits per heavy atom. The standard InChI is InChI=1S/C22H22N2O4/c1-24-13-23-18(17(22(27)28)11-21(25)26)12-20(24)16-8-4-2-6-14(16)10-15-7-3-5-9-19(15)24/h2-6,8-11,18,20,23H,7,12-13H2,1H3,(H-,25,26,27,28)/b17-11-. The van der Waals surface area contributed by atoms with Gasteiger partial charge in [-0.05, 0) is 29.7 Å². The second kappa shape index (κ2) is 6.89. The van der Waals surface area contributed by atoms with Crippen LogP contribution < -0.4 is 10.4 Å². The number of rotatable bonds is 3. The molecule has 0 radical (unpaired) electrons. The van der Waals surface area contributed by atoms with E-state index in [1.54, 1.807) is 0 Å². The molecule has 6 nitrogen and oxygen atoms in total. The van der Waals surface area contributed by atoms with Crippen LogP contribution in [0.15, 0.2) is 65.4 Å². The van der Waals surface area contributed by atoms with Crippen molar-refractivity contribution in [2.24, 2.45) is 0 Å². The maximum atomic E-state index is 11.6. The lowest BCUT2D eigenvalue weighted by Crippen LogP contribution is -2.60. The fourth-order valence-electron chi connectivity index (χ4n) is 4.64. The van der Waals surface area contributed by atoms with Crippen molar-refractivity contribution in [3.8, 4) is 0 Å². The van der Waals surface area contributed by atoms with E-state index in [1.165, 1.54) is 11.3 Å². The summed E-state index contributed by atoms with van der Waals surface area (Å²) in [4.78, 5) is 22.7. The lowest BCUT2D eigenvalue weighted by molar-refractivity contribution is -0.910. The Morgan fingerprint density at radius 1 is 1.32 bits per heavy atom. The van der Waals surface area contributed by atoms with E-state index in [2.05, 4.69) is 48.8 Å². The molecule has 2 aliphatic heterocycles. The normalized spacial score (nSPS) is 28.8. The molecule has 144 valence electrons. The van der Waals surface area contributed by atoms with Crippen LogP contribution in [0.1, 0.15) is 30.0 Å². The van der Waals surface area contributed by atoms with Gasteiger partial charge in [0.25, 0.3) is 0 Å². The lowest BCUT2D eigenvalue weighted by atomic mass is 9.88. The molecule has 28 heavy (non-hydrogen) atoms. The minimum atomic E-state index is -1.45. The van der Waals surface area contributed by atoms with E-state index in [4.69, 9.17) is 5.11 Å². The second-order valence-corrected chi connectivity index (χ2v) is 7.64. The summed E-state index contributed by atoms with van der Waals surface area (Å²) < 4.78 is 0.594. The number of hydrogen-bond donors (Lipinski definition) is 2. The summed E-state index contributed by atoms with van der Waals surface area (Å²) >= 11 is 0. The predicted octanol–water partition coefficient (Wildman–Crippen LogP) is 1.50. The third-order valence-corrected chi connectivity index (χ3v) is 6.00. The van der Waals surface area contributed by atoms with Crippen molar-refractivity contribution in [1.82, 2.24) is 5.32 Å². The molecule has 0 bridgehead atoms. The summed E-state index contributed by atoms with van der Waals surface area (Å²) in [7, 11) is 2.15. The highest BCUT2D eigenvalue weighted by Gasteiger charge is 2.47. The molecule has 1 saturated heterocycles. The second-order valence-electron chi connectivity index (χ2n) is 7.64. The number of carbonyl (C=O) groups is 2. The van der Waals surface area contributed by atoms with Gasteiger partial charge in [0.2, 0.25) is 0 Å². The van der Waals surface area contributed by atoms with Crippen LogP contribution in [-0.2, 0) is 9.59 Å². The maximum absolute atomic E-state index is 11.6. The number of nitrogens with one attached hydrogen (secondary N) is 1. The summed E-state index contributed by atoms with van der Waals surface area (Å²) in [6.07, 6.45) is 10.6. The average molecular weight is 378 g/mol. The number of allylic oxidation sites excluding steroid dienone is 4. The van der Waals surface area contributed by atoms with E-state index in [0.717, 1.165) is 23.6 Å². The molecule has 2 heterocycles. The third-order valence-electron chi connectivity index (χ3n) is 6.00. The topological polar surface area (TPSA) is 89.5 Å². The van der Waals surface area contributed by atoms with Gasteiger partial charge in [-0.15, -0.1) is 0 Å². The molecule has 3 unspecified atom stereocenters. The summed E-state index contributed by atoms with van der Waals surface area (Å²) in [5.41, 5.74) is 4.51. The minimum Gasteiger partial charge on any atom is -0.545 e. The van der Waals surface area contributed by atoms with Crippen LogP contribution in [0.3, 0.4) is 0 Å². The van der Waals surface area contributed by atoms with Gasteiger partial charge in [-0.1, -0.05) is 36.4 Å². The quantitative estimate of drug-likeness (QED) is 0.615. The van der Waals surface area contributed by atoms with Gasteiger partial charge in [-0.3, -0.25) is 9.80 Å². The zero-order chi connectivity index (χ0) is 19.9. The Morgan fingerprint density at radius 2 is 2.11 bits per heavy atom. The molecule has 1 aliphatic carbocycles. The fraction of sp³-hybridized carbons (Fsp3) is 0.273. The van der Waals surface area contributed by atoms with Gasteiger partial charge in [0, 0.05) is 29.7 Å². The number of quaternary nitrogens is 1. The number of nitrogens with zero attached hydrogens (tertiary/aromatic N) is 1. The van der Waals surface area contributed by atoms with Crippen molar-refractivity contribution in [1.29, 1.82) is 0 Å². The molecule has 0 saturated carbocycles. The molecule has 0 amide bonds. The Bertz CT molecular complexity index is 973. The molecular formula is C22H22N2O4. The number of carbonyl (C=O) groups excluding carboxylic acids is 1. The molecule has 4 rings (SSSR count). The van der Waals surface area contributed by atoms with Gasteiger partial charge in [0.1, 0.15) is 18.4 Å². The highest BCUT2D eigenvalue weighted by molar-refractivity contribution is 5.94. The van der Waals surface area contributed by atoms with Gasteiger partial charge >= 0.3 is 5.97 Å². The molecule has 3 aliphatic rings. The Labute approximate surface area is 163 Å². The predicted molar refractivity (Wildman–Crippen MR) is 102 cm³/mol. The first-order valence-electron chi connectivity index (χ1n) is 9.32. The maximum Gasteiger partial charge on any atom is 0.328 e. The van der Waals surface area contributed by atoms with Crippen LogP contribution in [0.4, 0.5) is 0 Å². The molecule has 1 fully saturated rings. The molecule has 2 N–H and O–H groups in total. The van der Waals surface area contributed by atoms with Crippen LogP contribution in [0.5, 0.6) is 0 Å². The summed E-state index contributed by atoms with van der Waals surface area (Å²) in [5, 5.41) is 23.9. The highest BCUT2D eigenvalue weighted by atomic mass is 16.4. The first kappa shape index (κ1) is 18.4. The smallest absolute Gasteiger partial charge is 0.328 e. The molecule has 1 aromatic rings. The number of aliphatic carboxylic acids is 2. The molecule has 0 aromatic heterocycles. The van der Waals surface area contributed by atoms with E-state index < -0.39 is 18.0 Å². The van der Waals surface area contributed by atoms with Crippen molar-refractivity contribution < 1.29 is 24.3 Å². The summed E-state index contributed by atoms with van der Waals surface area (Å²) in [6.45, 7) is 0.491. The van der Waals surface area contributed by atoms with Crippen molar-refractivity contribution in [3.63, 3.8) is 0 Å². The number of carboxylic acid groups (broad SMARTS) is 2. The van der Waals surface area contributed by atoms with Gasteiger partial charge in [0.05, 0.1) is 13.0 Å². The van der Waals surface area contributed by atoms with E-state index in [9.17, 15) is 14.7 Å². The summed E-state index contributed by atoms with van der Waals surface area (Å²) in [5.74, 6) is -2.73. The first-order valence-corrected chi connectivity index (χ1v) is 9.32. The van der Waals surface area contributed by atoms with Gasteiger partial charge in [-0.25, -0.2) is 4.79 Å². The van der Waals surface area contributed by atoms with Crippen molar-refractivity contribution in [2.45, 2.75) is 24.9 Å². The van der Waals surface area contributed by atoms with Crippen LogP contribution in [0, 0.1) is 0 Å². The van der Waals surface area contributed by atoms with E-state index in [-0.39, 0.29) is 11.6 Å². The van der Waals surface area contributed by atoms with Crippen molar-refractivity contribution in [3.05, 3.63) is 76.5 Å². The summed E-state index contributed by atoms with van der Waals surface area (Å²) in [6, 6.07) is 7.56. The number of carboxylic acids is 2. The third kappa shape index (κ3) is 3.00. The van der Waals surface area contributed by atoms with Gasteiger partial charge < -0.3 is 15.0 Å². The van der Waals surface area contributed by atoms with Gasteiger partial charge in [-0.2, -0.15) is 0 Å². The number of likely N-dealkylation sites (N-methyl/N-ethyl adjacent to an activating group) is 1. The number of benzene rings is 1. The SMILES string of the molecule is C[N+]12CNC(/C(=C/C(=O)O)C(=O)[O-])CC1c1ccccc1C=C1CC=CC=C12.